The summed E-state index contributed by atoms with van der Waals surface area (Å²) in [5.74, 6) is -0.727. The average molecular weight is 299 g/mol. The molecule has 0 aliphatic carbocycles. The second-order valence-electron chi connectivity index (χ2n) is 4.21. The number of carbonyl (C=O) groups excluding carboxylic acids is 1. The normalized spacial score (nSPS) is 11.2. The lowest BCUT2D eigenvalue weighted by Gasteiger charge is -2.09. The molecular weight excluding hydrogens is 287 g/mol. The maximum absolute atomic E-state index is 12.0. The molecule has 0 saturated heterocycles. The number of alkyl halides is 3. The molecule has 0 atom stereocenters. The van der Waals surface area contributed by atoms with Crippen molar-refractivity contribution in [3.8, 4) is 5.75 Å². The van der Waals surface area contributed by atoms with Crippen LogP contribution in [0.5, 0.6) is 5.75 Å². The number of nitrogens with one attached hydrogen (secondary N) is 1. The molecule has 112 valence electrons. The van der Waals surface area contributed by atoms with Gasteiger partial charge in [-0.15, -0.1) is 13.2 Å². The van der Waals surface area contributed by atoms with E-state index in [1.807, 2.05) is 0 Å². The highest BCUT2D eigenvalue weighted by Gasteiger charge is 2.31. The number of benzene rings is 1. The molecule has 0 radical (unpaired) electrons. The van der Waals surface area contributed by atoms with Crippen LogP contribution in [0.3, 0.4) is 0 Å². The number of halogens is 3. The fourth-order valence-electron chi connectivity index (χ4n) is 1.67. The summed E-state index contributed by atoms with van der Waals surface area (Å²) >= 11 is 0. The maximum atomic E-state index is 12.0. The van der Waals surface area contributed by atoms with E-state index in [1.54, 1.807) is 12.3 Å². The predicted octanol–water partition coefficient (Wildman–Crippen LogP) is 3.15. The summed E-state index contributed by atoms with van der Waals surface area (Å²) in [6, 6.07) is 6.52. The summed E-state index contributed by atoms with van der Waals surface area (Å²) in [4.78, 5) is 11.8. The van der Waals surface area contributed by atoms with Crippen molar-refractivity contribution in [3.63, 3.8) is 0 Å². The van der Waals surface area contributed by atoms with Gasteiger partial charge in [-0.2, -0.15) is 0 Å². The van der Waals surface area contributed by atoms with Crippen LogP contribution in [0.4, 0.5) is 13.2 Å². The van der Waals surface area contributed by atoms with Crippen LogP contribution in [0, 0.1) is 0 Å². The van der Waals surface area contributed by atoms with Crippen LogP contribution in [-0.4, -0.2) is 18.8 Å². The van der Waals surface area contributed by atoms with Gasteiger partial charge in [-0.3, -0.25) is 4.79 Å². The Labute approximate surface area is 118 Å². The first-order valence-corrected chi connectivity index (χ1v) is 6.09. The summed E-state index contributed by atoms with van der Waals surface area (Å²) in [5.41, 5.74) is 1.21. The number of amides is 1. The van der Waals surface area contributed by atoms with Crippen molar-refractivity contribution in [1.29, 1.82) is 0 Å². The van der Waals surface area contributed by atoms with Crippen molar-refractivity contribution >= 4 is 5.91 Å². The van der Waals surface area contributed by atoms with Gasteiger partial charge in [-0.05, 0) is 42.3 Å². The Morgan fingerprint density at radius 2 is 1.90 bits per heavy atom. The molecule has 0 fully saturated rings. The summed E-state index contributed by atoms with van der Waals surface area (Å²) in [6.45, 7) is 0.402. The lowest BCUT2D eigenvalue weighted by molar-refractivity contribution is -0.274. The van der Waals surface area contributed by atoms with Gasteiger partial charge in [0.15, 0.2) is 0 Å². The smallest absolute Gasteiger partial charge is 0.472 e. The summed E-state index contributed by atoms with van der Waals surface area (Å²) in [7, 11) is 0. The Morgan fingerprint density at radius 3 is 2.48 bits per heavy atom. The minimum Gasteiger partial charge on any atom is -0.472 e. The molecule has 7 heteroatoms. The fraction of sp³-hybridized carbons (Fsp3) is 0.214. The molecule has 0 bridgehead atoms. The maximum Gasteiger partial charge on any atom is 0.573 e. The Balaban J connectivity index is 1.85. The standard InChI is InChI=1S/C14H12F3NO3/c15-14(16,17)21-12-3-1-11(2-4-12)13(19)18-7-5-10-6-8-20-9-10/h1-4,6,8-9H,5,7H2,(H,18,19). The van der Waals surface area contributed by atoms with Gasteiger partial charge in [0.05, 0.1) is 12.5 Å². The largest absolute Gasteiger partial charge is 0.573 e. The second kappa shape index (κ2) is 6.34. The average Bonchev–Trinajstić information content (AvgIpc) is 2.91. The highest BCUT2D eigenvalue weighted by atomic mass is 19.4. The van der Waals surface area contributed by atoms with Crippen molar-refractivity contribution in [1.82, 2.24) is 5.32 Å². The minimum absolute atomic E-state index is 0.261. The van der Waals surface area contributed by atoms with Crippen molar-refractivity contribution in [2.75, 3.05) is 6.54 Å². The molecule has 21 heavy (non-hydrogen) atoms. The molecule has 1 aromatic carbocycles. The van der Waals surface area contributed by atoms with Crippen LogP contribution >= 0.6 is 0 Å². The molecule has 0 aliphatic heterocycles. The third kappa shape index (κ3) is 4.87. The molecule has 0 saturated carbocycles. The predicted molar refractivity (Wildman–Crippen MR) is 67.9 cm³/mol. The van der Waals surface area contributed by atoms with Gasteiger partial charge < -0.3 is 14.5 Å². The van der Waals surface area contributed by atoms with Gasteiger partial charge in [-0.1, -0.05) is 0 Å². The SMILES string of the molecule is O=C(NCCc1ccoc1)c1ccc(OC(F)(F)F)cc1. The first-order valence-electron chi connectivity index (χ1n) is 6.09. The van der Waals surface area contributed by atoms with E-state index in [-0.39, 0.29) is 17.2 Å². The van der Waals surface area contributed by atoms with Gasteiger partial charge in [0.25, 0.3) is 5.91 Å². The second-order valence-corrected chi connectivity index (χ2v) is 4.21. The Morgan fingerprint density at radius 1 is 1.19 bits per heavy atom. The summed E-state index contributed by atoms with van der Waals surface area (Å²) < 4.78 is 44.6. The third-order valence-electron chi connectivity index (χ3n) is 2.63. The quantitative estimate of drug-likeness (QED) is 0.922. The van der Waals surface area contributed by atoms with Gasteiger partial charge >= 0.3 is 6.36 Å². The highest BCUT2D eigenvalue weighted by molar-refractivity contribution is 5.94. The van der Waals surface area contributed by atoms with Crippen molar-refractivity contribution < 1.29 is 27.1 Å². The Hall–Kier alpha value is -2.44. The van der Waals surface area contributed by atoms with E-state index in [0.717, 1.165) is 17.7 Å². The molecular formula is C14H12F3NO3. The highest BCUT2D eigenvalue weighted by Crippen LogP contribution is 2.22. The lowest BCUT2D eigenvalue weighted by Crippen LogP contribution is -2.25. The first kappa shape index (κ1) is 15.0. The molecule has 2 rings (SSSR count). The Kier molecular flexibility index (Phi) is 4.52. The number of ether oxygens (including phenoxy) is 1. The molecule has 4 nitrogen and oxygen atoms in total. The van der Waals surface area contributed by atoms with E-state index in [2.05, 4.69) is 10.1 Å². The zero-order valence-electron chi connectivity index (χ0n) is 10.8. The minimum atomic E-state index is -4.74. The molecule has 1 amide bonds. The molecule has 2 aromatic rings. The number of hydrogen-bond donors (Lipinski definition) is 1. The summed E-state index contributed by atoms with van der Waals surface area (Å²) in [6.07, 6.45) is -1.02. The molecule has 1 heterocycles. The molecule has 0 aliphatic rings. The lowest BCUT2D eigenvalue weighted by atomic mass is 10.2. The van der Waals surface area contributed by atoms with Crippen LogP contribution in [-0.2, 0) is 6.42 Å². The van der Waals surface area contributed by atoms with E-state index < -0.39 is 6.36 Å². The van der Waals surface area contributed by atoms with Gasteiger partial charge in [0, 0.05) is 12.1 Å². The molecule has 1 N–H and O–H groups in total. The summed E-state index contributed by atoms with van der Waals surface area (Å²) in [5, 5.41) is 2.66. The zero-order chi connectivity index (χ0) is 15.3. The number of rotatable bonds is 5. The van der Waals surface area contributed by atoms with Crippen LogP contribution in [0.25, 0.3) is 0 Å². The molecule has 0 spiro atoms. The van der Waals surface area contributed by atoms with Gasteiger partial charge in [0.2, 0.25) is 0 Å². The van der Waals surface area contributed by atoms with E-state index >= 15 is 0 Å². The van der Waals surface area contributed by atoms with Gasteiger partial charge in [0.1, 0.15) is 5.75 Å². The van der Waals surface area contributed by atoms with Crippen LogP contribution in [0.2, 0.25) is 0 Å². The van der Waals surface area contributed by atoms with E-state index in [9.17, 15) is 18.0 Å². The third-order valence-corrected chi connectivity index (χ3v) is 2.63. The molecule has 0 unspecified atom stereocenters. The van der Waals surface area contributed by atoms with Crippen molar-refractivity contribution in [2.24, 2.45) is 0 Å². The number of carbonyl (C=O) groups is 1. The van der Waals surface area contributed by atoms with E-state index in [4.69, 9.17) is 4.42 Å². The topological polar surface area (TPSA) is 51.5 Å². The van der Waals surface area contributed by atoms with Crippen molar-refractivity contribution in [2.45, 2.75) is 12.8 Å². The Bertz CT molecular complexity index is 577. The number of hydrogen-bond acceptors (Lipinski definition) is 3. The van der Waals surface area contributed by atoms with Gasteiger partial charge in [-0.25, -0.2) is 0 Å². The van der Waals surface area contributed by atoms with Crippen LogP contribution < -0.4 is 10.1 Å². The zero-order valence-corrected chi connectivity index (χ0v) is 10.8. The fourth-order valence-corrected chi connectivity index (χ4v) is 1.67. The van der Waals surface area contributed by atoms with Crippen LogP contribution in [0.1, 0.15) is 15.9 Å². The van der Waals surface area contributed by atoms with Crippen molar-refractivity contribution in [3.05, 3.63) is 54.0 Å². The first-order chi connectivity index (χ1) is 9.94. The number of furan rings is 1. The van der Waals surface area contributed by atoms with Crippen LogP contribution in [0.15, 0.2) is 47.3 Å². The van der Waals surface area contributed by atoms with E-state index in [1.165, 1.54) is 18.4 Å². The molecule has 1 aromatic heterocycles. The van der Waals surface area contributed by atoms with E-state index in [0.29, 0.717) is 13.0 Å². The monoisotopic (exact) mass is 299 g/mol.